The first kappa shape index (κ1) is 25.8. The van der Waals surface area contributed by atoms with Gasteiger partial charge >= 0.3 is 0 Å². The Kier molecular flexibility index (Phi) is 6.64. The highest BCUT2D eigenvalue weighted by Gasteiger charge is 2.46. The average Bonchev–Trinajstić information content (AvgIpc) is 3.58. The van der Waals surface area contributed by atoms with Crippen LogP contribution >= 0.6 is 0 Å². The molecule has 206 valence electrons. The van der Waals surface area contributed by atoms with E-state index in [1.807, 2.05) is 59.2 Å². The van der Waals surface area contributed by atoms with Gasteiger partial charge in [-0.05, 0) is 61.9 Å². The van der Waals surface area contributed by atoms with E-state index >= 15 is 0 Å². The SMILES string of the molecule is CCc1cnn(C2(CC#N)CN(c3cccn4nc(Nc5ccc(C(=O)N6CCN(C)CC6)c(C)c5)nc34)C2)c1. The van der Waals surface area contributed by atoms with E-state index in [0.29, 0.717) is 25.5 Å². The van der Waals surface area contributed by atoms with Gasteiger partial charge in [0.25, 0.3) is 5.91 Å². The van der Waals surface area contributed by atoms with Crippen molar-refractivity contribution in [3.05, 3.63) is 65.6 Å². The third-order valence-corrected chi connectivity index (χ3v) is 8.09. The van der Waals surface area contributed by atoms with Gasteiger partial charge in [0.05, 0.1) is 24.4 Å². The van der Waals surface area contributed by atoms with Crippen molar-refractivity contribution in [3.8, 4) is 6.07 Å². The molecule has 40 heavy (non-hydrogen) atoms. The van der Waals surface area contributed by atoms with Crippen molar-refractivity contribution in [1.82, 2.24) is 34.2 Å². The molecule has 5 heterocycles. The van der Waals surface area contributed by atoms with Crippen molar-refractivity contribution in [1.29, 1.82) is 5.26 Å². The van der Waals surface area contributed by atoms with E-state index in [1.54, 1.807) is 4.52 Å². The average molecular weight is 539 g/mol. The molecule has 11 nitrogen and oxygen atoms in total. The minimum Gasteiger partial charge on any atom is -0.363 e. The second-order valence-corrected chi connectivity index (χ2v) is 10.9. The number of carbonyl (C=O) groups is 1. The quantitative estimate of drug-likeness (QED) is 0.382. The maximum absolute atomic E-state index is 13.1. The Labute approximate surface area is 233 Å². The van der Waals surface area contributed by atoms with E-state index in [1.165, 1.54) is 0 Å². The summed E-state index contributed by atoms with van der Waals surface area (Å²) in [5.74, 6) is 0.559. The molecule has 2 aliphatic rings. The number of aryl methyl sites for hydroxylation is 2. The molecule has 0 saturated carbocycles. The Morgan fingerprint density at radius 3 is 2.67 bits per heavy atom. The van der Waals surface area contributed by atoms with E-state index in [9.17, 15) is 10.1 Å². The highest BCUT2D eigenvalue weighted by molar-refractivity contribution is 5.96. The summed E-state index contributed by atoms with van der Waals surface area (Å²) in [7, 11) is 2.08. The summed E-state index contributed by atoms with van der Waals surface area (Å²) < 4.78 is 3.73. The Balaban J connectivity index is 1.19. The number of rotatable bonds is 7. The summed E-state index contributed by atoms with van der Waals surface area (Å²) in [5.41, 5.74) is 4.98. The highest BCUT2D eigenvalue weighted by atomic mass is 16.2. The molecule has 0 spiro atoms. The normalized spacial score (nSPS) is 17.1. The van der Waals surface area contributed by atoms with Crippen LogP contribution in [0.4, 0.5) is 17.3 Å². The van der Waals surface area contributed by atoms with Gasteiger partial charge in [-0.1, -0.05) is 6.92 Å². The van der Waals surface area contributed by atoms with Crippen LogP contribution < -0.4 is 10.2 Å². The first-order valence-electron chi connectivity index (χ1n) is 13.8. The van der Waals surface area contributed by atoms with Crippen LogP contribution in [-0.4, -0.2) is 86.4 Å². The molecule has 0 aliphatic carbocycles. The predicted molar refractivity (Wildman–Crippen MR) is 153 cm³/mol. The number of nitrogens with zero attached hydrogens (tertiary/aromatic N) is 9. The van der Waals surface area contributed by atoms with Crippen molar-refractivity contribution >= 4 is 28.9 Å². The number of pyridine rings is 1. The Hall–Kier alpha value is -4.43. The standard InChI is InChI=1S/C29H34N10O/c1-4-22-17-31-39(18-22)29(9-10-30)19-37(20-29)25-6-5-11-38-26(25)33-28(34-38)32-23-7-8-24(21(2)16-23)27(40)36-14-12-35(3)13-15-36/h5-8,11,16-18H,4,9,12-15,19-20H2,1-3H3,(H,32,34). The number of hydrogen-bond acceptors (Lipinski definition) is 8. The van der Waals surface area contributed by atoms with Crippen LogP contribution in [0.2, 0.25) is 0 Å². The van der Waals surface area contributed by atoms with Gasteiger partial charge < -0.3 is 20.0 Å². The summed E-state index contributed by atoms with van der Waals surface area (Å²) in [6, 6.07) is 12.1. The van der Waals surface area contributed by atoms with E-state index in [-0.39, 0.29) is 11.4 Å². The fourth-order valence-corrected chi connectivity index (χ4v) is 5.60. The van der Waals surface area contributed by atoms with Crippen molar-refractivity contribution in [3.63, 3.8) is 0 Å². The molecular weight excluding hydrogens is 504 g/mol. The minimum atomic E-state index is -0.350. The molecule has 1 aromatic carbocycles. The van der Waals surface area contributed by atoms with Crippen molar-refractivity contribution in [2.45, 2.75) is 32.2 Å². The molecule has 2 fully saturated rings. The molecule has 3 aromatic heterocycles. The smallest absolute Gasteiger partial charge is 0.254 e. The third kappa shape index (κ3) is 4.64. The van der Waals surface area contributed by atoms with E-state index in [2.05, 4.69) is 51.6 Å². The predicted octanol–water partition coefficient (Wildman–Crippen LogP) is 3.06. The maximum Gasteiger partial charge on any atom is 0.254 e. The molecular formula is C29H34N10O. The summed E-state index contributed by atoms with van der Waals surface area (Å²) in [5, 5.41) is 22.1. The van der Waals surface area contributed by atoms with Gasteiger partial charge in [0.2, 0.25) is 5.95 Å². The van der Waals surface area contributed by atoms with Gasteiger partial charge in [0, 0.05) is 62.9 Å². The molecule has 0 atom stereocenters. The lowest BCUT2D eigenvalue weighted by atomic mass is 9.86. The molecule has 2 saturated heterocycles. The van der Waals surface area contributed by atoms with Crippen LogP contribution in [0.15, 0.2) is 48.9 Å². The number of carbonyl (C=O) groups excluding carboxylic acids is 1. The Morgan fingerprint density at radius 2 is 1.98 bits per heavy atom. The third-order valence-electron chi connectivity index (χ3n) is 8.09. The van der Waals surface area contributed by atoms with Gasteiger partial charge in [-0.2, -0.15) is 15.3 Å². The summed E-state index contributed by atoms with van der Waals surface area (Å²) in [4.78, 5) is 24.3. The molecule has 0 radical (unpaired) electrons. The van der Waals surface area contributed by atoms with Crippen molar-refractivity contribution in [2.24, 2.45) is 0 Å². The van der Waals surface area contributed by atoms with Gasteiger partial charge in [-0.25, -0.2) is 4.52 Å². The van der Waals surface area contributed by atoms with Crippen LogP contribution in [0.1, 0.15) is 34.8 Å². The number of nitrogens with one attached hydrogen (secondary N) is 1. The zero-order valence-corrected chi connectivity index (χ0v) is 23.2. The first-order chi connectivity index (χ1) is 19.4. The number of aromatic nitrogens is 5. The van der Waals surface area contributed by atoms with Gasteiger partial charge in [-0.3, -0.25) is 9.48 Å². The molecule has 11 heteroatoms. The minimum absolute atomic E-state index is 0.0794. The zero-order valence-electron chi connectivity index (χ0n) is 23.2. The number of hydrogen-bond donors (Lipinski definition) is 1. The van der Waals surface area contributed by atoms with Crippen LogP contribution in [0.25, 0.3) is 5.65 Å². The highest BCUT2D eigenvalue weighted by Crippen LogP contribution is 2.37. The fraction of sp³-hybridized carbons (Fsp3) is 0.414. The first-order valence-corrected chi connectivity index (χ1v) is 13.8. The number of fused-ring (bicyclic) bond motifs is 1. The van der Waals surface area contributed by atoms with Crippen LogP contribution in [0.5, 0.6) is 0 Å². The summed E-state index contributed by atoms with van der Waals surface area (Å²) >= 11 is 0. The van der Waals surface area contributed by atoms with Gasteiger partial charge in [0.1, 0.15) is 5.54 Å². The lowest BCUT2D eigenvalue weighted by Gasteiger charge is -2.50. The number of nitriles is 1. The number of anilines is 3. The van der Waals surface area contributed by atoms with Crippen molar-refractivity contribution in [2.75, 3.05) is 56.5 Å². The molecule has 1 amide bonds. The lowest BCUT2D eigenvalue weighted by Crippen LogP contribution is -2.63. The van der Waals surface area contributed by atoms with Gasteiger partial charge in [-0.15, -0.1) is 5.10 Å². The number of piperazine rings is 1. The number of likely N-dealkylation sites (N-methyl/N-ethyl adjacent to an activating group) is 1. The molecule has 4 aromatic rings. The second-order valence-electron chi connectivity index (χ2n) is 10.9. The lowest BCUT2D eigenvalue weighted by molar-refractivity contribution is 0.0663. The summed E-state index contributed by atoms with van der Waals surface area (Å²) in [6.07, 6.45) is 7.12. The molecule has 0 bridgehead atoms. The van der Waals surface area contributed by atoms with Crippen LogP contribution in [-0.2, 0) is 12.0 Å². The zero-order chi connectivity index (χ0) is 27.9. The Morgan fingerprint density at radius 1 is 1.18 bits per heavy atom. The largest absolute Gasteiger partial charge is 0.363 e. The Bertz CT molecular complexity index is 1580. The second kappa shape index (κ2) is 10.3. The van der Waals surface area contributed by atoms with E-state index in [0.717, 1.165) is 66.3 Å². The van der Waals surface area contributed by atoms with Crippen molar-refractivity contribution < 1.29 is 4.79 Å². The number of benzene rings is 1. The fourth-order valence-electron chi connectivity index (χ4n) is 5.60. The van der Waals surface area contributed by atoms with Gasteiger partial charge in [0.15, 0.2) is 5.65 Å². The molecule has 2 aliphatic heterocycles. The van der Waals surface area contributed by atoms with Crippen LogP contribution in [0.3, 0.4) is 0 Å². The summed E-state index contributed by atoms with van der Waals surface area (Å²) in [6.45, 7) is 8.69. The van der Waals surface area contributed by atoms with Crippen LogP contribution in [0, 0.1) is 18.3 Å². The molecule has 6 rings (SSSR count). The number of amides is 1. The van der Waals surface area contributed by atoms with E-state index < -0.39 is 0 Å². The molecule has 1 N–H and O–H groups in total. The topological polar surface area (TPSA) is 111 Å². The monoisotopic (exact) mass is 538 g/mol. The maximum atomic E-state index is 13.1. The molecule has 0 unspecified atom stereocenters. The van der Waals surface area contributed by atoms with E-state index in [4.69, 9.17) is 4.98 Å².